The van der Waals surface area contributed by atoms with Crippen LogP contribution in [0.2, 0.25) is 0 Å². The van der Waals surface area contributed by atoms with Crippen molar-refractivity contribution in [3.8, 4) is 5.75 Å². The van der Waals surface area contributed by atoms with Crippen LogP contribution >= 0.6 is 0 Å². The molecule has 1 fully saturated rings. The lowest BCUT2D eigenvalue weighted by Crippen LogP contribution is -2.47. The Morgan fingerprint density at radius 2 is 1.90 bits per heavy atom. The van der Waals surface area contributed by atoms with Crippen molar-refractivity contribution in [1.82, 2.24) is 10.2 Å². The average molecular weight is 409 g/mol. The number of carbonyl (C=O) groups excluding carboxylic acids is 1. The third-order valence-corrected chi connectivity index (χ3v) is 6.30. The second-order valence-electron chi connectivity index (χ2n) is 8.59. The third kappa shape index (κ3) is 5.85. The Bertz CT molecular complexity index is 818. The highest BCUT2D eigenvalue weighted by Gasteiger charge is 2.32. The number of hydrogen-bond acceptors (Lipinski definition) is 3. The molecule has 30 heavy (non-hydrogen) atoms. The van der Waals surface area contributed by atoms with Crippen LogP contribution in [0.25, 0.3) is 0 Å². The first-order valence-electron chi connectivity index (χ1n) is 11.3. The number of ether oxygens (including phenoxy) is 1. The maximum atomic E-state index is 13.0. The number of amides is 1. The first-order chi connectivity index (χ1) is 14.5. The molecule has 1 aliphatic heterocycles. The molecule has 162 valence electrons. The van der Waals surface area contributed by atoms with Gasteiger partial charge in [-0.1, -0.05) is 50.2 Å². The van der Waals surface area contributed by atoms with Gasteiger partial charge in [0.1, 0.15) is 5.75 Å². The van der Waals surface area contributed by atoms with Gasteiger partial charge in [-0.25, -0.2) is 0 Å². The summed E-state index contributed by atoms with van der Waals surface area (Å²) >= 11 is 0. The minimum atomic E-state index is 0.00853. The summed E-state index contributed by atoms with van der Waals surface area (Å²) in [4.78, 5) is 15.4. The summed E-state index contributed by atoms with van der Waals surface area (Å²) in [5.41, 5.74) is 3.91. The third-order valence-electron chi connectivity index (χ3n) is 6.30. The van der Waals surface area contributed by atoms with Crippen molar-refractivity contribution in [2.75, 3.05) is 20.2 Å². The quantitative estimate of drug-likeness (QED) is 0.684. The summed E-state index contributed by atoms with van der Waals surface area (Å²) in [6.07, 6.45) is 2.91. The Balaban J connectivity index is 1.79. The molecule has 1 heterocycles. The number of piperidine rings is 1. The van der Waals surface area contributed by atoms with E-state index in [4.69, 9.17) is 4.74 Å². The normalized spacial score (nSPS) is 20.5. The first kappa shape index (κ1) is 22.4. The molecular weight excluding hydrogens is 372 g/mol. The molecular formula is C26H36N2O2. The molecule has 0 aliphatic carbocycles. The molecule has 1 N–H and O–H groups in total. The smallest absolute Gasteiger partial charge is 0.224 e. The SMILES string of the molecule is CCc1ccc([C@@H]2C[C@@H](C(=O)N[C@H](C)CC)CN(Cc3cccc(OC)c3)C2)cc1. The van der Waals surface area contributed by atoms with E-state index in [1.54, 1.807) is 7.11 Å². The molecule has 0 radical (unpaired) electrons. The molecule has 1 saturated heterocycles. The zero-order valence-corrected chi connectivity index (χ0v) is 18.9. The molecule has 4 nitrogen and oxygen atoms in total. The van der Waals surface area contributed by atoms with Crippen LogP contribution in [0.3, 0.4) is 0 Å². The summed E-state index contributed by atoms with van der Waals surface area (Å²) in [5, 5.41) is 3.21. The predicted octanol–water partition coefficient (Wildman–Crippen LogP) is 4.78. The summed E-state index contributed by atoms with van der Waals surface area (Å²) in [6.45, 7) is 8.96. The van der Waals surface area contributed by atoms with Crippen LogP contribution in [-0.4, -0.2) is 37.0 Å². The molecule has 0 bridgehead atoms. The second kappa shape index (κ2) is 10.6. The van der Waals surface area contributed by atoms with E-state index in [1.165, 1.54) is 16.7 Å². The van der Waals surface area contributed by atoms with Crippen molar-refractivity contribution in [3.63, 3.8) is 0 Å². The highest BCUT2D eigenvalue weighted by Crippen LogP contribution is 2.32. The van der Waals surface area contributed by atoms with Crippen molar-refractivity contribution in [2.24, 2.45) is 5.92 Å². The van der Waals surface area contributed by atoms with E-state index in [2.05, 4.69) is 67.4 Å². The Hall–Kier alpha value is -2.33. The van der Waals surface area contributed by atoms with Crippen LogP contribution in [0, 0.1) is 5.92 Å². The second-order valence-corrected chi connectivity index (χ2v) is 8.59. The fraction of sp³-hybridized carbons (Fsp3) is 0.500. The average Bonchev–Trinajstić information content (AvgIpc) is 2.78. The fourth-order valence-corrected chi connectivity index (χ4v) is 4.27. The Labute approximate surface area is 181 Å². The number of methoxy groups -OCH3 is 1. The van der Waals surface area contributed by atoms with Crippen LogP contribution in [-0.2, 0) is 17.8 Å². The van der Waals surface area contributed by atoms with Gasteiger partial charge in [-0.05, 0) is 60.9 Å². The van der Waals surface area contributed by atoms with Gasteiger partial charge in [0.15, 0.2) is 0 Å². The van der Waals surface area contributed by atoms with E-state index < -0.39 is 0 Å². The maximum Gasteiger partial charge on any atom is 0.224 e. The molecule has 1 aliphatic rings. The van der Waals surface area contributed by atoms with E-state index in [0.717, 1.165) is 44.6 Å². The lowest BCUT2D eigenvalue weighted by Gasteiger charge is -2.38. The van der Waals surface area contributed by atoms with Crippen molar-refractivity contribution in [1.29, 1.82) is 0 Å². The summed E-state index contributed by atoms with van der Waals surface area (Å²) in [6, 6.07) is 17.4. The van der Waals surface area contributed by atoms with Crippen LogP contribution in [0.5, 0.6) is 5.75 Å². The molecule has 2 aromatic rings. The van der Waals surface area contributed by atoms with Gasteiger partial charge >= 0.3 is 0 Å². The van der Waals surface area contributed by atoms with Crippen LogP contribution < -0.4 is 10.1 Å². The Morgan fingerprint density at radius 1 is 1.13 bits per heavy atom. The van der Waals surface area contributed by atoms with Crippen molar-refractivity contribution in [2.45, 2.75) is 58.5 Å². The number of rotatable bonds is 8. The molecule has 4 heteroatoms. The Kier molecular flexibility index (Phi) is 7.92. The van der Waals surface area contributed by atoms with Crippen molar-refractivity contribution >= 4 is 5.91 Å². The molecule has 3 atom stereocenters. The fourth-order valence-electron chi connectivity index (χ4n) is 4.27. The molecule has 3 rings (SSSR count). The number of carbonyl (C=O) groups is 1. The molecule has 2 aromatic carbocycles. The van der Waals surface area contributed by atoms with Gasteiger partial charge in [0.05, 0.1) is 13.0 Å². The number of nitrogens with zero attached hydrogens (tertiary/aromatic N) is 1. The summed E-state index contributed by atoms with van der Waals surface area (Å²) < 4.78 is 5.39. The van der Waals surface area contributed by atoms with Gasteiger partial charge < -0.3 is 10.1 Å². The molecule has 0 unspecified atom stereocenters. The minimum Gasteiger partial charge on any atom is -0.497 e. The van der Waals surface area contributed by atoms with Gasteiger partial charge in [0, 0.05) is 25.7 Å². The number of likely N-dealkylation sites (tertiary alicyclic amines) is 1. The van der Waals surface area contributed by atoms with Gasteiger partial charge in [-0.15, -0.1) is 0 Å². The zero-order chi connectivity index (χ0) is 21.5. The van der Waals surface area contributed by atoms with Crippen LogP contribution in [0.15, 0.2) is 48.5 Å². The van der Waals surface area contributed by atoms with Gasteiger partial charge in [-0.3, -0.25) is 9.69 Å². The van der Waals surface area contributed by atoms with Crippen molar-refractivity contribution < 1.29 is 9.53 Å². The van der Waals surface area contributed by atoms with Gasteiger partial charge in [0.2, 0.25) is 5.91 Å². The monoisotopic (exact) mass is 408 g/mol. The van der Waals surface area contributed by atoms with Crippen LogP contribution in [0.1, 0.15) is 56.2 Å². The highest BCUT2D eigenvalue weighted by atomic mass is 16.5. The maximum absolute atomic E-state index is 13.0. The lowest BCUT2D eigenvalue weighted by molar-refractivity contribution is -0.127. The number of aryl methyl sites for hydroxylation is 1. The first-order valence-corrected chi connectivity index (χ1v) is 11.3. The van der Waals surface area contributed by atoms with E-state index in [-0.39, 0.29) is 17.9 Å². The summed E-state index contributed by atoms with van der Waals surface area (Å²) in [7, 11) is 1.70. The molecule has 0 aromatic heterocycles. The van der Waals surface area contributed by atoms with E-state index in [9.17, 15) is 4.79 Å². The minimum absolute atomic E-state index is 0.00853. The van der Waals surface area contributed by atoms with E-state index in [0.29, 0.717) is 5.92 Å². The topological polar surface area (TPSA) is 41.6 Å². The molecule has 0 spiro atoms. The zero-order valence-electron chi connectivity index (χ0n) is 18.9. The van der Waals surface area contributed by atoms with Crippen LogP contribution in [0.4, 0.5) is 0 Å². The molecule has 0 saturated carbocycles. The lowest BCUT2D eigenvalue weighted by atomic mass is 9.83. The highest BCUT2D eigenvalue weighted by molar-refractivity contribution is 5.79. The number of benzene rings is 2. The standard InChI is InChI=1S/C26H36N2O2/c1-5-19(3)27-26(29)24-15-23(22-12-10-20(6-2)11-13-22)17-28(18-24)16-21-8-7-9-25(14-21)30-4/h7-14,19,23-24H,5-6,15-18H2,1-4H3,(H,27,29)/t19-,23-,24-/m1/s1. The van der Waals surface area contributed by atoms with Gasteiger partial charge in [0.25, 0.3) is 0 Å². The number of hydrogen-bond donors (Lipinski definition) is 1. The predicted molar refractivity (Wildman–Crippen MR) is 123 cm³/mol. The summed E-state index contributed by atoms with van der Waals surface area (Å²) in [5.74, 6) is 1.44. The molecule has 1 amide bonds. The number of nitrogens with one attached hydrogen (secondary N) is 1. The van der Waals surface area contributed by atoms with Crippen molar-refractivity contribution in [3.05, 3.63) is 65.2 Å². The Morgan fingerprint density at radius 3 is 2.57 bits per heavy atom. The van der Waals surface area contributed by atoms with E-state index >= 15 is 0 Å². The largest absolute Gasteiger partial charge is 0.497 e. The van der Waals surface area contributed by atoms with E-state index in [1.807, 2.05) is 12.1 Å². The van der Waals surface area contributed by atoms with Gasteiger partial charge in [-0.2, -0.15) is 0 Å².